The molecule has 2 aromatic rings. The van der Waals surface area contributed by atoms with Crippen molar-refractivity contribution in [3.05, 3.63) is 16.6 Å². The van der Waals surface area contributed by atoms with E-state index in [0.717, 1.165) is 25.0 Å². The molecule has 0 aliphatic carbocycles. The van der Waals surface area contributed by atoms with E-state index in [4.69, 9.17) is 22.6 Å². The first-order valence-electron chi connectivity index (χ1n) is 5.11. The van der Waals surface area contributed by atoms with Crippen LogP contribution in [0, 0.1) is 4.77 Å². The maximum Gasteiger partial charge on any atom is 0.214 e. The third kappa shape index (κ3) is 1.99. The highest BCUT2D eigenvalue weighted by Crippen LogP contribution is 2.16. The smallest absolute Gasteiger partial charge is 0.214 e. The number of aryl methyl sites for hydroxylation is 1. The molecule has 0 aliphatic rings. The molecule has 0 radical (unpaired) electrons. The number of rotatable bonds is 4. The molecule has 0 aromatic carbocycles. The molecule has 0 spiro atoms. The summed E-state index contributed by atoms with van der Waals surface area (Å²) >= 11 is 4.91. The first-order chi connectivity index (χ1) is 7.72. The first kappa shape index (κ1) is 10.9. The molecule has 0 fully saturated rings. The van der Waals surface area contributed by atoms with Crippen LogP contribution in [0.2, 0.25) is 0 Å². The third-order valence-electron chi connectivity index (χ3n) is 2.27. The average molecular weight is 239 g/mol. The van der Waals surface area contributed by atoms with Gasteiger partial charge in [-0.05, 0) is 18.6 Å². The van der Waals surface area contributed by atoms with Gasteiger partial charge in [0.1, 0.15) is 5.76 Å². The Morgan fingerprint density at radius 3 is 3.06 bits per heavy atom. The highest BCUT2D eigenvalue weighted by molar-refractivity contribution is 7.71. The molecule has 0 saturated carbocycles. The average Bonchev–Trinajstić information content (AvgIpc) is 2.85. The molecular formula is C9H13N5OS. The minimum atomic E-state index is 0.355. The SMILES string of the molecule is CCCCc1cc(-c2n[nH]c(=S)n2N)no1. The number of hydrogen-bond acceptors (Lipinski definition) is 5. The number of aromatic amines is 1. The Balaban J connectivity index is 2.25. The second-order valence-corrected chi connectivity index (χ2v) is 3.89. The Morgan fingerprint density at radius 2 is 2.44 bits per heavy atom. The maximum atomic E-state index is 5.68. The van der Waals surface area contributed by atoms with Gasteiger partial charge >= 0.3 is 0 Å². The maximum absolute atomic E-state index is 5.68. The second-order valence-electron chi connectivity index (χ2n) is 3.50. The molecule has 2 aromatic heterocycles. The Bertz CT molecular complexity index is 526. The zero-order valence-corrected chi connectivity index (χ0v) is 9.75. The van der Waals surface area contributed by atoms with Gasteiger partial charge in [-0.15, -0.1) is 0 Å². The van der Waals surface area contributed by atoms with E-state index in [1.165, 1.54) is 4.68 Å². The summed E-state index contributed by atoms with van der Waals surface area (Å²) in [6.45, 7) is 2.13. The Morgan fingerprint density at radius 1 is 1.62 bits per heavy atom. The Labute approximate surface area is 97.4 Å². The third-order valence-corrected chi connectivity index (χ3v) is 2.56. The minimum Gasteiger partial charge on any atom is -0.361 e. The van der Waals surface area contributed by atoms with E-state index in [1.54, 1.807) is 0 Å². The molecule has 0 unspecified atom stereocenters. The van der Waals surface area contributed by atoms with E-state index in [1.807, 2.05) is 6.07 Å². The van der Waals surface area contributed by atoms with Crippen LogP contribution in [-0.4, -0.2) is 20.0 Å². The van der Waals surface area contributed by atoms with E-state index in [0.29, 0.717) is 16.3 Å². The van der Waals surface area contributed by atoms with E-state index < -0.39 is 0 Å². The second kappa shape index (κ2) is 4.48. The molecule has 0 amide bonds. The monoisotopic (exact) mass is 239 g/mol. The van der Waals surface area contributed by atoms with Crippen LogP contribution in [0.15, 0.2) is 10.6 Å². The van der Waals surface area contributed by atoms with Crippen molar-refractivity contribution < 1.29 is 4.52 Å². The standard InChI is InChI=1S/C9H13N5OS/c1-2-3-4-6-5-7(13-15-6)8-11-12-9(16)14(8)10/h5H,2-4,10H2,1H3,(H,12,16). The van der Waals surface area contributed by atoms with Crippen molar-refractivity contribution in [1.82, 2.24) is 20.0 Å². The number of nitrogens with zero attached hydrogens (tertiary/aromatic N) is 3. The molecule has 2 heterocycles. The Hall–Kier alpha value is -1.63. The fraction of sp³-hybridized carbons (Fsp3) is 0.444. The van der Waals surface area contributed by atoms with Crippen LogP contribution < -0.4 is 5.84 Å². The molecule has 0 aliphatic heterocycles. The fourth-order valence-corrected chi connectivity index (χ4v) is 1.50. The number of aromatic nitrogens is 4. The lowest BCUT2D eigenvalue weighted by molar-refractivity contribution is 0.381. The van der Waals surface area contributed by atoms with Crippen molar-refractivity contribution in [3.8, 4) is 11.5 Å². The van der Waals surface area contributed by atoms with Gasteiger partial charge in [0.2, 0.25) is 10.6 Å². The summed E-state index contributed by atoms with van der Waals surface area (Å²) in [4.78, 5) is 0. The molecule has 16 heavy (non-hydrogen) atoms. The van der Waals surface area contributed by atoms with Gasteiger partial charge in [-0.1, -0.05) is 18.5 Å². The van der Waals surface area contributed by atoms with Gasteiger partial charge in [0.15, 0.2) is 5.69 Å². The van der Waals surface area contributed by atoms with Crippen molar-refractivity contribution >= 4 is 12.2 Å². The van der Waals surface area contributed by atoms with Crippen LogP contribution >= 0.6 is 12.2 Å². The van der Waals surface area contributed by atoms with Gasteiger partial charge in [-0.3, -0.25) is 0 Å². The fourth-order valence-electron chi connectivity index (χ4n) is 1.37. The summed E-state index contributed by atoms with van der Waals surface area (Å²) in [5.74, 6) is 7.00. The van der Waals surface area contributed by atoms with E-state index in [2.05, 4.69) is 22.3 Å². The molecule has 86 valence electrons. The molecule has 0 bridgehead atoms. The summed E-state index contributed by atoms with van der Waals surface area (Å²) in [5.41, 5.74) is 0.598. The molecule has 2 rings (SSSR count). The lowest BCUT2D eigenvalue weighted by Gasteiger charge is -1.92. The summed E-state index contributed by atoms with van der Waals surface area (Å²) < 4.78 is 6.81. The lowest BCUT2D eigenvalue weighted by Crippen LogP contribution is -2.09. The van der Waals surface area contributed by atoms with Crippen molar-refractivity contribution in [2.24, 2.45) is 0 Å². The van der Waals surface area contributed by atoms with Crippen LogP contribution in [-0.2, 0) is 6.42 Å². The van der Waals surface area contributed by atoms with Crippen molar-refractivity contribution in [1.29, 1.82) is 0 Å². The quantitative estimate of drug-likeness (QED) is 0.626. The minimum absolute atomic E-state index is 0.355. The first-order valence-corrected chi connectivity index (χ1v) is 5.51. The number of H-pyrrole nitrogens is 1. The molecule has 6 nitrogen and oxygen atoms in total. The van der Waals surface area contributed by atoms with Gasteiger partial charge in [0.25, 0.3) is 0 Å². The van der Waals surface area contributed by atoms with E-state index in [9.17, 15) is 0 Å². The number of nitrogens with one attached hydrogen (secondary N) is 1. The molecule has 0 atom stereocenters. The van der Waals surface area contributed by atoms with Crippen LogP contribution in [0.4, 0.5) is 0 Å². The summed E-state index contributed by atoms with van der Waals surface area (Å²) in [6, 6.07) is 1.84. The molecule has 0 saturated heterocycles. The largest absolute Gasteiger partial charge is 0.361 e. The highest BCUT2D eigenvalue weighted by atomic mass is 32.1. The van der Waals surface area contributed by atoms with Crippen LogP contribution in [0.1, 0.15) is 25.5 Å². The summed E-state index contributed by atoms with van der Waals surface area (Å²) in [7, 11) is 0. The van der Waals surface area contributed by atoms with Gasteiger partial charge in [0.05, 0.1) is 0 Å². The summed E-state index contributed by atoms with van der Waals surface area (Å²) in [5, 5.41) is 10.5. The number of nitrogens with two attached hydrogens (primary N) is 1. The van der Waals surface area contributed by atoms with Crippen molar-refractivity contribution in [3.63, 3.8) is 0 Å². The highest BCUT2D eigenvalue weighted by Gasteiger charge is 2.12. The van der Waals surface area contributed by atoms with E-state index in [-0.39, 0.29) is 0 Å². The predicted molar refractivity (Wildman–Crippen MR) is 61.7 cm³/mol. The normalized spacial score (nSPS) is 10.8. The topological polar surface area (TPSA) is 85.7 Å². The molecule has 3 N–H and O–H groups in total. The van der Waals surface area contributed by atoms with E-state index >= 15 is 0 Å². The summed E-state index contributed by atoms with van der Waals surface area (Å²) in [6.07, 6.45) is 3.06. The lowest BCUT2D eigenvalue weighted by atomic mass is 10.2. The van der Waals surface area contributed by atoms with Gasteiger partial charge in [-0.25, -0.2) is 9.77 Å². The van der Waals surface area contributed by atoms with Gasteiger partial charge in [-0.2, -0.15) is 5.10 Å². The number of unbranched alkanes of at least 4 members (excludes halogenated alkanes) is 1. The van der Waals surface area contributed by atoms with Gasteiger partial charge < -0.3 is 10.4 Å². The zero-order chi connectivity index (χ0) is 11.5. The van der Waals surface area contributed by atoms with Crippen LogP contribution in [0.5, 0.6) is 0 Å². The van der Waals surface area contributed by atoms with Crippen LogP contribution in [0.3, 0.4) is 0 Å². The van der Waals surface area contributed by atoms with Crippen molar-refractivity contribution in [2.75, 3.05) is 5.84 Å². The van der Waals surface area contributed by atoms with Gasteiger partial charge in [0, 0.05) is 12.5 Å². The molecule has 7 heteroatoms. The van der Waals surface area contributed by atoms with Crippen LogP contribution in [0.25, 0.3) is 11.5 Å². The number of hydrogen-bond donors (Lipinski definition) is 2. The van der Waals surface area contributed by atoms with Crippen molar-refractivity contribution in [2.45, 2.75) is 26.2 Å². The molecular weight excluding hydrogens is 226 g/mol. The zero-order valence-electron chi connectivity index (χ0n) is 8.93. The predicted octanol–water partition coefficient (Wildman–Crippen LogP) is 1.65. The Kier molecular flexibility index (Phi) is 3.04. The number of nitrogen functional groups attached to an aromatic ring is 1.